The average Bonchev–Trinajstić information content (AvgIpc) is 3.00. The Labute approximate surface area is 139 Å². The first-order valence-electron chi connectivity index (χ1n) is 8.06. The highest BCUT2D eigenvalue weighted by molar-refractivity contribution is 7.88. The van der Waals surface area contributed by atoms with Gasteiger partial charge < -0.3 is 20.1 Å². The van der Waals surface area contributed by atoms with Crippen LogP contribution < -0.4 is 15.4 Å². The molecule has 8 nitrogen and oxygen atoms in total. The molecule has 0 aliphatic carbocycles. The Morgan fingerprint density at radius 3 is 2.61 bits per heavy atom. The van der Waals surface area contributed by atoms with Crippen LogP contribution in [0, 0.1) is 5.92 Å². The fourth-order valence-corrected chi connectivity index (χ4v) is 2.63. The van der Waals surface area contributed by atoms with E-state index in [0.29, 0.717) is 31.4 Å². The lowest BCUT2D eigenvalue weighted by molar-refractivity contribution is 0.0888. The van der Waals surface area contributed by atoms with Crippen LogP contribution in [-0.2, 0) is 19.5 Å². The van der Waals surface area contributed by atoms with Crippen LogP contribution in [0.4, 0.5) is 0 Å². The average molecular weight is 350 g/mol. The van der Waals surface area contributed by atoms with Crippen LogP contribution in [0.15, 0.2) is 4.99 Å². The molecule has 136 valence electrons. The first-order valence-corrected chi connectivity index (χ1v) is 9.95. The molecule has 1 aliphatic rings. The summed E-state index contributed by atoms with van der Waals surface area (Å²) in [5.41, 5.74) is 0. The van der Waals surface area contributed by atoms with Gasteiger partial charge in [0.2, 0.25) is 10.0 Å². The van der Waals surface area contributed by atoms with Gasteiger partial charge in [0.15, 0.2) is 5.96 Å². The lowest BCUT2D eigenvalue weighted by Gasteiger charge is -2.12. The van der Waals surface area contributed by atoms with E-state index in [4.69, 9.17) is 9.47 Å². The molecule has 1 atom stereocenters. The molecule has 1 unspecified atom stereocenters. The third-order valence-electron chi connectivity index (χ3n) is 3.37. The van der Waals surface area contributed by atoms with E-state index in [1.54, 1.807) is 7.05 Å². The second-order valence-electron chi connectivity index (χ2n) is 5.60. The topological polar surface area (TPSA) is 101 Å². The number of nitrogens with zero attached hydrogens (tertiary/aromatic N) is 1. The maximum absolute atomic E-state index is 10.9. The van der Waals surface area contributed by atoms with Crippen molar-refractivity contribution in [2.45, 2.75) is 19.3 Å². The van der Waals surface area contributed by atoms with Gasteiger partial charge in [-0.1, -0.05) is 0 Å². The van der Waals surface area contributed by atoms with Crippen LogP contribution in [0.1, 0.15) is 19.3 Å². The summed E-state index contributed by atoms with van der Waals surface area (Å²) < 4.78 is 35.2. The van der Waals surface area contributed by atoms with E-state index in [1.807, 2.05) is 0 Å². The predicted molar refractivity (Wildman–Crippen MR) is 91.2 cm³/mol. The standard InChI is InChI=1S/C14H30N4O4S/c1-15-14(16-6-3-8-18-23(2,19)20)17-7-4-9-21-11-13-5-10-22-12-13/h13,18H,3-12H2,1-2H3,(H2,15,16,17). The molecule has 23 heavy (non-hydrogen) atoms. The highest BCUT2D eigenvalue weighted by Crippen LogP contribution is 2.12. The summed E-state index contributed by atoms with van der Waals surface area (Å²) in [7, 11) is -1.40. The van der Waals surface area contributed by atoms with Gasteiger partial charge in [-0.15, -0.1) is 0 Å². The molecule has 0 aromatic rings. The van der Waals surface area contributed by atoms with E-state index in [-0.39, 0.29) is 0 Å². The number of hydrogen-bond acceptors (Lipinski definition) is 5. The Hall–Kier alpha value is -0.900. The summed E-state index contributed by atoms with van der Waals surface area (Å²) in [5.74, 6) is 1.27. The minimum Gasteiger partial charge on any atom is -0.381 e. The predicted octanol–water partition coefficient (Wildman–Crippen LogP) is -0.466. The minimum absolute atomic E-state index is 0.418. The number of nitrogens with one attached hydrogen (secondary N) is 3. The molecule has 0 aromatic heterocycles. The summed E-state index contributed by atoms with van der Waals surface area (Å²) in [4.78, 5) is 4.11. The summed E-state index contributed by atoms with van der Waals surface area (Å²) in [6.45, 7) is 5.03. The van der Waals surface area contributed by atoms with Gasteiger partial charge in [0, 0.05) is 45.8 Å². The quantitative estimate of drug-likeness (QED) is 0.265. The van der Waals surface area contributed by atoms with Crippen molar-refractivity contribution < 1.29 is 17.9 Å². The second kappa shape index (κ2) is 11.6. The number of aliphatic imine (C=N–C) groups is 1. The molecule has 0 spiro atoms. The van der Waals surface area contributed by atoms with Gasteiger partial charge in [0.1, 0.15) is 0 Å². The van der Waals surface area contributed by atoms with Crippen molar-refractivity contribution in [2.75, 3.05) is 59.4 Å². The Kier molecular flexibility index (Phi) is 10.2. The van der Waals surface area contributed by atoms with Crippen LogP contribution in [0.2, 0.25) is 0 Å². The summed E-state index contributed by atoms with van der Waals surface area (Å²) in [6.07, 6.45) is 3.86. The largest absolute Gasteiger partial charge is 0.381 e. The first-order chi connectivity index (χ1) is 11.0. The highest BCUT2D eigenvalue weighted by Gasteiger charge is 2.15. The molecule has 1 saturated heterocycles. The highest BCUT2D eigenvalue weighted by atomic mass is 32.2. The van der Waals surface area contributed by atoms with Crippen molar-refractivity contribution in [1.29, 1.82) is 0 Å². The lowest BCUT2D eigenvalue weighted by Crippen LogP contribution is -2.39. The third kappa shape index (κ3) is 11.3. The maximum Gasteiger partial charge on any atom is 0.208 e. The SMILES string of the molecule is CN=C(NCCCNS(C)(=O)=O)NCCCOCC1CCOC1. The van der Waals surface area contributed by atoms with Crippen LogP contribution in [0.3, 0.4) is 0 Å². The van der Waals surface area contributed by atoms with Gasteiger partial charge in [-0.2, -0.15) is 0 Å². The van der Waals surface area contributed by atoms with Crippen molar-refractivity contribution in [3.8, 4) is 0 Å². The van der Waals surface area contributed by atoms with Crippen molar-refractivity contribution in [1.82, 2.24) is 15.4 Å². The van der Waals surface area contributed by atoms with Crippen LogP contribution in [0.25, 0.3) is 0 Å². The Balaban J connectivity index is 1.94. The number of guanidine groups is 1. The molecule has 1 fully saturated rings. The number of ether oxygens (including phenoxy) is 2. The van der Waals surface area contributed by atoms with E-state index < -0.39 is 10.0 Å². The van der Waals surface area contributed by atoms with Gasteiger partial charge in [-0.05, 0) is 19.3 Å². The van der Waals surface area contributed by atoms with Crippen LogP contribution >= 0.6 is 0 Å². The molecule has 0 aromatic carbocycles. The number of rotatable bonds is 11. The lowest BCUT2D eigenvalue weighted by atomic mass is 10.1. The molecular formula is C14H30N4O4S. The summed E-state index contributed by atoms with van der Waals surface area (Å²) in [5, 5.41) is 6.34. The molecule has 0 amide bonds. The molecule has 0 bridgehead atoms. The van der Waals surface area contributed by atoms with E-state index in [2.05, 4.69) is 20.3 Å². The molecular weight excluding hydrogens is 320 g/mol. The van der Waals surface area contributed by atoms with E-state index in [1.165, 1.54) is 0 Å². The third-order valence-corrected chi connectivity index (χ3v) is 4.10. The van der Waals surface area contributed by atoms with Crippen molar-refractivity contribution in [3.63, 3.8) is 0 Å². The fourth-order valence-electron chi connectivity index (χ4n) is 2.12. The zero-order chi connectivity index (χ0) is 17.0. The van der Waals surface area contributed by atoms with Crippen molar-refractivity contribution in [3.05, 3.63) is 0 Å². The molecule has 1 aliphatic heterocycles. The second-order valence-corrected chi connectivity index (χ2v) is 7.44. The number of hydrogen-bond donors (Lipinski definition) is 3. The van der Waals surface area contributed by atoms with Crippen LogP contribution in [-0.4, -0.2) is 73.7 Å². The van der Waals surface area contributed by atoms with Gasteiger partial charge >= 0.3 is 0 Å². The maximum atomic E-state index is 10.9. The molecule has 1 heterocycles. The Morgan fingerprint density at radius 2 is 2.00 bits per heavy atom. The van der Waals surface area contributed by atoms with E-state index in [0.717, 1.165) is 52.1 Å². The van der Waals surface area contributed by atoms with Crippen molar-refractivity contribution >= 4 is 16.0 Å². The smallest absolute Gasteiger partial charge is 0.208 e. The van der Waals surface area contributed by atoms with E-state index in [9.17, 15) is 8.42 Å². The number of sulfonamides is 1. The Bertz CT molecular complexity index is 436. The van der Waals surface area contributed by atoms with Gasteiger partial charge in [-0.3, -0.25) is 4.99 Å². The minimum atomic E-state index is -3.11. The zero-order valence-corrected chi connectivity index (χ0v) is 15.0. The molecule has 1 rings (SSSR count). The van der Waals surface area contributed by atoms with Crippen molar-refractivity contribution in [2.24, 2.45) is 10.9 Å². The molecule has 0 saturated carbocycles. The molecule has 9 heteroatoms. The fraction of sp³-hybridized carbons (Fsp3) is 0.929. The first kappa shape index (κ1) is 20.1. The normalized spacial score (nSPS) is 19.0. The van der Waals surface area contributed by atoms with Crippen LogP contribution in [0.5, 0.6) is 0 Å². The zero-order valence-electron chi connectivity index (χ0n) is 14.1. The van der Waals surface area contributed by atoms with E-state index >= 15 is 0 Å². The van der Waals surface area contributed by atoms with Gasteiger partial charge in [0.25, 0.3) is 0 Å². The summed E-state index contributed by atoms with van der Waals surface area (Å²) in [6, 6.07) is 0. The summed E-state index contributed by atoms with van der Waals surface area (Å²) >= 11 is 0. The molecule has 0 radical (unpaired) electrons. The van der Waals surface area contributed by atoms with Gasteiger partial charge in [0.05, 0.1) is 19.5 Å². The monoisotopic (exact) mass is 350 g/mol. The van der Waals surface area contributed by atoms with Gasteiger partial charge in [-0.25, -0.2) is 13.1 Å². The molecule has 3 N–H and O–H groups in total. The Morgan fingerprint density at radius 1 is 1.26 bits per heavy atom.